The van der Waals surface area contributed by atoms with E-state index in [1.807, 2.05) is 4.52 Å². The second-order valence-electron chi connectivity index (χ2n) is 7.26. The summed E-state index contributed by atoms with van der Waals surface area (Å²) in [6.07, 6.45) is 6.83. The molecule has 0 N–H and O–H groups in total. The molecule has 0 bridgehead atoms. The third kappa shape index (κ3) is 2.48. The SMILES string of the molecule is Cn1cnc(N2CCC(c3nnc4cc5c(nn34)CCC5)CC2)cc1=O. The molecule has 134 valence electrons. The van der Waals surface area contributed by atoms with E-state index < -0.39 is 0 Å². The van der Waals surface area contributed by atoms with Gasteiger partial charge >= 0.3 is 0 Å². The monoisotopic (exact) mass is 351 g/mol. The van der Waals surface area contributed by atoms with Crippen LogP contribution in [0.4, 0.5) is 5.82 Å². The molecule has 4 heterocycles. The number of nitrogens with zero attached hydrogens (tertiary/aromatic N) is 7. The van der Waals surface area contributed by atoms with Crippen LogP contribution in [0.25, 0.3) is 5.65 Å². The molecule has 8 heteroatoms. The minimum Gasteiger partial charge on any atom is -0.356 e. The van der Waals surface area contributed by atoms with Crippen LogP contribution in [-0.2, 0) is 19.9 Å². The molecule has 0 radical (unpaired) electrons. The number of fused-ring (bicyclic) bond motifs is 2. The molecule has 0 spiro atoms. The fraction of sp³-hybridized carbons (Fsp3) is 0.500. The number of hydrogen-bond acceptors (Lipinski definition) is 6. The van der Waals surface area contributed by atoms with Gasteiger partial charge < -0.3 is 9.47 Å². The Morgan fingerprint density at radius 1 is 1.12 bits per heavy atom. The largest absolute Gasteiger partial charge is 0.356 e. The zero-order valence-corrected chi connectivity index (χ0v) is 14.8. The first-order valence-electron chi connectivity index (χ1n) is 9.21. The Labute approximate surface area is 150 Å². The first-order chi connectivity index (χ1) is 12.7. The van der Waals surface area contributed by atoms with E-state index >= 15 is 0 Å². The quantitative estimate of drug-likeness (QED) is 0.687. The van der Waals surface area contributed by atoms with Crippen molar-refractivity contribution in [1.29, 1.82) is 0 Å². The average molecular weight is 351 g/mol. The Morgan fingerprint density at radius 2 is 1.96 bits per heavy atom. The summed E-state index contributed by atoms with van der Waals surface area (Å²) in [6.45, 7) is 1.70. The fourth-order valence-corrected chi connectivity index (χ4v) is 4.04. The Balaban J connectivity index is 1.37. The summed E-state index contributed by atoms with van der Waals surface area (Å²) in [5, 5.41) is 13.6. The maximum atomic E-state index is 11.8. The summed E-state index contributed by atoms with van der Waals surface area (Å²) in [5.74, 6) is 2.06. The maximum absolute atomic E-state index is 11.8. The lowest BCUT2D eigenvalue weighted by Gasteiger charge is -2.31. The topological polar surface area (TPSA) is 81.2 Å². The molecule has 0 amide bonds. The predicted molar refractivity (Wildman–Crippen MR) is 96.5 cm³/mol. The third-order valence-electron chi connectivity index (χ3n) is 5.59. The van der Waals surface area contributed by atoms with Crippen LogP contribution in [0.15, 0.2) is 23.3 Å². The minimum absolute atomic E-state index is 0.0290. The summed E-state index contributed by atoms with van der Waals surface area (Å²) >= 11 is 0. The molecule has 1 fully saturated rings. The molecule has 3 aromatic rings. The zero-order chi connectivity index (χ0) is 17.7. The van der Waals surface area contributed by atoms with Crippen LogP contribution in [0.3, 0.4) is 0 Å². The van der Waals surface area contributed by atoms with E-state index in [1.165, 1.54) is 22.2 Å². The molecule has 26 heavy (non-hydrogen) atoms. The standard InChI is InChI=1S/C18H21N7O/c1-23-11-19-15(10-17(23)26)24-7-5-12(6-8-24)18-21-20-16-9-13-3-2-4-14(13)22-25(16)18/h9-12H,2-8H2,1H3. The Kier molecular flexibility index (Phi) is 3.51. The molecule has 8 nitrogen and oxygen atoms in total. The van der Waals surface area contributed by atoms with Gasteiger partial charge in [-0.3, -0.25) is 4.79 Å². The zero-order valence-electron chi connectivity index (χ0n) is 14.8. The molecule has 1 aliphatic heterocycles. The highest BCUT2D eigenvalue weighted by molar-refractivity contribution is 5.43. The maximum Gasteiger partial charge on any atom is 0.255 e. The molecular formula is C18H21N7O. The van der Waals surface area contributed by atoms with Crippen molar-refractivity contribution in [1.82, 2.24) is 29.4 Å². The van der Waals surface area contributed by atoms with Crippen LogP contribution in [0, 0.1) is 0 Å². The minimum atomic E-state index is -0.0290. The first-order valence-corrected chi connectivity index (χ1v) is 9.21. The van der Waals surface area contributed by atoms with Crippen molar-refractivity contribution in [3.05, 3.63) is 45.9 Å². The molecule has 2 aliphatic rings. The number of piperidine rings is 1. The second kappa shape index (κ2) is 5.89. The Bertz CT molecular complexity index is 1030. The van der Waals surface area contributed by atoms with Crippen molar-refractivity contribution in [3.8, 4) is 0 Å². The average Bonchev–Trinajstić information content (AvgIpc) is 3.28. The molecule has 1 aliphatic carbocycles. The lowest BCUT2D eigenvalue weighted by molar-refractivity contribution is 0.474. The molecule has 0 aromatic carbocycles. The van der Waals surface area contributed by atoms with E-state index in [-0.39, 0.29) is 5.56 Å². The van der Waals surface area contributed by atoms with Crippen LogP contribution in [0.1, 0.15) is 42.3 Å². The number of aryl methyl sites for hydroxylation is 3. The van der Waals surface area contributed by atoms with Gasteiger partial charge in [0, 0.05) is 32.1 Å². The van der Waals surface area contributed by atoms with Gasteiger partial charge in [0.1, 0.15) is 5.82 Å². The van der Waals surface area contributed by atoms with Gasteiger partial charge in [-0.1, -0.05) is 0 Å². The third-order valence-corrected chi connectivity index (χ3v) is 5.59. The van der Waals surface area contributed by atoms with E-state index in [2.05, 4.69) is 26.1 Å². The fourth-order valence-electron chi connectivity index (χ4n) is 4.04. The van der Waals surface area contributed by atoms with Crippen molar-refractivity contribution in [2.24, 2.45) is 7.05 Å². The number of anilines is 1. The van der Waals surface area contributed by atoms with Crippen molar-refractivity contribution in [2.75, 3.05) is 18.0 Å². The molecule has 0 atom stereocenters. The molecule has 3 aromatic heterocycles. The van der Waals surface area contributed by atoms with Gasteiger partial charge in [-0.25, -0.2) is 4.98 Å². The van der Waals surface area contributed by atoms with Crippen LogP contribution >= 0.6 is 0 Å². The summed E-state index contributed by atoms with van der Waals surface area (Å²) in [4.78, 5) is 18.4. The summed E-state index contributed by atoms with van der Waals surface area (Å²) in [7, 11) is 1.71. The Morgan fingerprint density at radius 3 is 2.77 bits per heavy atom. The van der Waals surface area contributed by atoms with Gasteiger partial charge in [-0.05, 0) is 43.7 Å². The number of rotatable bonds is 2. The number of aromatic nitrogens is 6. The van der Waals surface area contributed by atoms with Crippen molar-refractivity contribution >= 4 is 11.5 Å². The van der Waals surface area contributed by atoms with Gasteiger partial charge in [0.2, 0.25) is 0 Å². The first kappa shape index (κ1) is 15.5. The van der Waals surface area contributed by atoms with Crippen molar-refractivity contribution in [2.45, 2.75) is 38.0 Å². The van der Waals surface area contributed by atoms with Crippen molar-refractivity contribution in [3.63, 3.8) is 0 Å². The predicted octanol–water partition coefficient (Wildman–Crippen LogP) is 1.09. The van der Waals surface area contributed by atoms with Crippen LogP contribution < -0.4 is 10.5 Å². The van der Waals surface area contributed by atoms with Gasteiger partial charge in [0.25, 0.3) is 5.56 Å². The van der Waals surface area contributed by atoms with Gasteiger partial charge in [-0.2, -0.15) is 9.61 Å². The van der Waals surface area contributed by atoms with Gasteiger partial charge in [-0.15, -0.1) is 10.2 Å². The second-order valence-corrected chi connectivity index (χ2v) is 7.26. The lowest BCUT2D eigenvalue weighted by Crippen LogP contribution is -2.35. The molecule has 5 rings (SSSR count). The molecular weight excluding hydrogens is 330 g/mol. The summed E-state index contributed by atoms with van der Waals surface area (Å²) in [5.41, 5.74) is 3.35. The lowest BCUT2D eigenvalue weighted by atomic mass is 9.96. The van der Waals surface area contributed by atoms with Crippen molar-refractivity contribution < 1.29 is 0 Å². The van der Waals surface area contributed by atoms with E-state index in [4.69, 9.17) is 5.10 Å². The van der Waals surface area contributed by atoms with Crippen LogP contribution in [0.5, 0.6) is 0 Å². The van der Waals surface area contributed by atoms with E-state index in [9.17, 15) is 4.79 Å². The smallest absolute Gasteiger partial charge is 0.255 e. The molecule has 0 saturated carbocycles. The molecule has 1 saturated heterocycles. The van der Waals surface area contributed by atoms with E-state index in [0.29, 0.717) is 5.92 Å². The molecule has 0 unspecified atom stereocenters. The normalized spacial score (nSPS) is 17.8. The van der Waals surface area contributed by atoms with Gasteiger partial charge in [0.15, 0.2) is 11.5 Å². The highest BCUT2D eigenvalue weighted by atomic mass is 16.1. The van der Waals surface area contributed by atoms with Crippen LogP contribution in [0.2, 0.25) is 0 Å². The van der Waals surface area contributed by atoms with Crippen LogP contribution in [-0.4, -0.2) is 42.5 Å². The highest BCUT2D eigenvalue weighted by Gasteiger charge is 2.27. The van der Waals surface area contributed by atoms with Gasteiger partial charge in [0.05, 0.1) is 12.0 Å². The summed E-state index contributed by atoms with van der Waals surface area (Å²) in [6, 6.07) is 3.75. The number of hydrogen-bond donors (Lipinski definition) is 0. The highest BCUT2D eigenvalue weighted by Crippen LogP contribution is 2.29. The van der Waals surface area contributed by atoms with E-state index in [1.54, 1.807) is 19.4 Å². The van der Waals surface area contributed by atoms with E-state index in [0.717, 1.165) is 56.1 Å². The summed E-state index contributed by atoms with van der Waals surface area (Å²) < 4.78 is 3.43. The Hall–Kier alpha value is -2.77.